The Labute approximate surface area is 163 Å². The minimum absolute atomic E-state index is 0.0242. The maximum absolute atomic E-state index is 13.5. The van der Waals surface area contributed by atoms with E-state index in [1.807, 2.05) is 0 Å². The van der Waals surface area contributed by atoms with Crippen molar-refractivity contribution in [3.8, 4) is 5.75 Å². The van der Waals surface area contributed by atoms with Crippen molar-refractivity contribution in [2.75, 3.05) is 14.2 Å². The third-order valence-electron chi connectivity index (χ3n) is 4.67. The number of rotatable bonds is 7. The Balaban J connectivity index is 2.16. The summed E-state index contributed by atoms with van der Waals surface area (Å²) in [5.41, 5.74) is 1.24. The van der Waals surface area contributed by atoms with E-state index in [0.717, 1.165) is 17.7 Å². The van der Waals surface area contributed by atoms with E-state index in [1.54, 1.807) is 45.3 Å². The van der Waals surface area contributed by atoms with E-state index in [1.165, 1.54) is 17.9 Å². The summed E-state index contributed by atoms with van der Waals surface area (Å²) in [6.07, 6.45) is 0.0242. The number of nitrogens with one attached hydrogen (secondary N) is 1. The predicted octanol–water partition coefficient (Wildman–Crippen LogP) is 3.76. The molecule has 0 aliphatic carbocycles. The van der Waals surface area contributed by atoms with Gasteiger partial charge in [0.25, 0.3) is 0 Å². The van der Waals surface area contributed by atoms with Gasteiger partial charge in [-0.3, -0.25) is 9.59 Å². The van der Waals surface area contributed by atoms with Gasteiger partial charge < -0.3 is 15.0 Å². The Kier molecular flexibility index (Phi) is 7.09. The molecular weight excluding hydrogens is 366 g/mol. The molecule has 2 amide bonds. The van der Waals surface area contributed by atoms with Gasteiger partial charge in [0, 0.05) is 14.0 Å². The Bertz CT molecular complexity index is 840. The fourth-order valence-corrected chi connectivity index (χ4v) is 2.86. The zero-order valence-electron chi connectivity index (χ0n) is 16.3. The van der Waals surface area contributed by atoms with Crippen LogP contribution in [0.25, 0.3) is 0 Å². The largest absolute Gasteiger partial charge is 0.497 e. The van der Waals surface area contributed by atoms with Crippen molar-refractivity contribution in [1.29, 1.82) is 0 Å². The molecule has 0 saturated carbocycles. The number of amides is 2. The number of benzene rings is 2. The van der Waals surface area contributed by atoms with Crippen molar-refractivity contribution in [3.05, 3.63) is 65.2 Å². The van der Waals surface area contributed by atoms with Crippen molar-refractivity contribution in [1.82, 2.24) is 10.2 Å². The lowest BCUT2D eigenvalue weighted by atomic mass is 10.0. The van der Waals surface area contributed by atoms with Gasteiger partial charge in [-0.15, -0.1) is 0 Å². The van der Waals surface area contributed by atoms with Crippen LogP contribution in [0.15, 0.2) is 42.5 Å². The number of ether oxygens (including phenoxy) is 1. The van der Waals surface area contributed by atoms with Gasteiger partial charge in [-0.25, -0.2) is 8.78 Å². The first-order valence-electron chi connectivity index (χ1n) is 8.84. The molecular formula is C21H24F2N2O3. The van der Waals surface area contributed by atoms with Crippen LogP contribution in [0.2, 0.25) is 0 Å². The SMILES string of the molecule is COc1ccc([C@@H](CC(=O)N(C)[C@@H](C)c2ccc(F)c(F)c2)NC(C)=O)cc1. The van der Waals surface area contributed by atoms with Crippen LogP contribution in [0.5, 0.6) is 5.75 Å². The predicted molar refractivity (Wildman–Crippen MR) is 102 cm³/mol. The molecule has 0 unspecified atom stereocenters. The van der Waals surface area contributed by atoms with E-state index < -0.39 is 23.7 Å². The molecule has 150 valence electrons. The average molecular weight is 390 g/mol. The van der Waals surface area contributed by atoms with Gasteiger partial charge in [-0.1, -0.05) is 18.2 Å². The van der Waals surface area contributed by atoms with E-state index in [-0.39, 0.29) is 18.2 Å². The normalized spacial score (nSPS) is 12.8. The molecule has 0 spiro atoms. The second-order valence-corrected chi connectivity index (χ2v) is 6.58. The number of hydrogen-bond donors (Lipinski definition) is 1. The lowest BCUT2D eigenvalue weighted by molar-refractivity contribution is -0.132. The standard InChI is InChI=1S/C21H24F2N2O3/c1-13(16-7-10-18(22)19(23)11-16)25(3)21(27)12-20(24-14(2)26)15-5-8-17(28-4)9-6-15/h5-11,13,20H,12H2,1-4H3,(H,24,26)/t13-,20+/m0/s1. The topological polar surface area (TPSA) is 58.6 Å². The number of hydrogen-bond acceptors (Lipinski definition) is 3. The number of nitrogens with zero attached hydrogens (tertiary/aromatic N) is 1. The molecule has 0 fully saturated rings. The summed E-state index contributed by atoms with van der Waals surface area (Å²) in [6.45, 7) is 3.11. The summed E-state index contributed by atoms with van der Waals surface area (Å²) in [4.78, 5) is 25.8. The number of methoxy groups -OCH3 is 1. The zero-order chi connectivity index (χ0) is 20.8. The Morgan fingerprint density at radius 2 is 1.68 bits per heavy atom. The molecule has 0 saturated heterocycles. The van der Waals surface area contributed by atoms with Crippen LogP contribution in [0, 0.1) is 11.6 Å². The number of halogens is 2. The first kappa shape index (κ1) is 21.3. The third-order valence-corrected chi connectivity index (χ3v) is 4.67. The fraction of sp³-hybridized carbons (Fsp3) is 0.333. The average Bonchev–Trinajstić information content (AvgIpc) is 2.68. The van der Waals surface area contributed by atoms with Crippen molar-refractivity contribution in [2.24, 2.45) is 0 Å². The van der Waals surface area contributed by atoms with Crippen LogP contribution in [0.4, 0.5) is 8.78 Å². The van der Waals surface area contributed by atoms with Crippen LogP contribution >= 0.6 is 0 Å². The second kappa shape index (κ2) is 9.30. The monoisotopic (exact) mass is 390 g/mol. The van der Waals surface area contributed by atoms with Crippen molar-refractivity contribution < 1.29 is 23.1 Å². The second-order valence-electron chi connectivity index (χ2n) is 6.58. The summed E-state index contributed by atoms with van der Waals surface area (Å²) < 4.78 is 31.8. The minimum atomic E-state index is -0.959. The van der Waals surface area contributed by atoms with Crippen LogP contribution in [-0.2, 0) is 9.59 Å². The summed E-state index contributed by atoms with van der Waals surface area (Å²) in [5, 5.41) is 2.78. The maximum atomic E-state index is 13.5. The number of carbonyl (C=O) groups is 2. The first-order chi connectivity index (χ1) is 13.2. The molecule has 2 atom stereocenters. The van der Waals surface area contributed by atoms with Crippen molar-refractivity contribution in [2.45, 2.75) is 32.4 Å². The van der Waals surface area contributed by atoms with Crippen LogP contribution < -0.4 is 10.1 Å². The van der Waals surface area contributed by atoms with Gasteiger partial charge >= 0.3 is 0 Å². The smallest absolute Gasteiger partial charge is 0.225 e. The molecule has 2 aromatic rings. The zero-order valence-corrected chi connectivity index (χ0v) is 16.3. The molecule has 0 aliphatic heterocycles. The highest BCUT2D eigenvalue weighted by molar-refractivity contribution is 5.79. The van der Waals surface area contributed by atoms with Gasteiger partial charge in [0.05, 0.1) is 25.6 Å². The molecule has 5 nitrogen and oxygen atoms in total. The van der Waals surface area contributed by atoms with E-state index in [9.17, 15) is 18.4 Å². The first-order valence-corrected chi connectivity index (χ1v) is 8.84. The molecule has 0 bridgehead atoms. The Morgan fingerprint density at radius 1 is 1.07 bits per heavy atom. The fourth-order valence-electron chi connectivity index (χ4n) is 2.86. The third kappa shape index (κ3) is 5.28. The molecule has 0 radical (unpaired) electrons. The van der Waals surface area contributed by atoms with E-state index >= 15 is 0 Å². The molecule has 0 aliphatic rings. The van der Waals surface area contributed by atoms with Crippen molar-refractivity contribution >= 4 is 11.8 Å². The van der Waals surface area contributed by atoms with Gasteiger partial charge in [0.2, 0.25) is 11.8 Å². The summed E-state index contributed by atoms with van der Waals surface area (Å²) >= 11 is 0. The number of carbonyl (C=O) groups excluding carboxylic acids is 2. The summed E-state index contributed by atoms with van der Waals surface area (Å²) in [6, 6.07) is 9.66. The molecule has 7 heteroatoms. The minimum Gasteiger partial charge on any atom is -0.497 e. The van der Waals surface area contributed by atoms with Gasteiger partial charge in [0.15, 0.2) is 11.6 Å². The molecule has 1 N–H and O–H groups in total. The molecule has 0 heterocycles. The maximum Gasteiger partial charge on any atom is 0.225 e. The lowest BCUT2D eigenvalue weighted by Gasteiger charge is -2.28. The Hall–Kier alpha value is -2.96. The van der Waals surface area contributed by atoms with Gasteiger partial charge in [-0.2, -0.15) is 0 Å². The molecule has 28 heavy (non-hydrogen) atoms. The van der Waals surface area contributed by atoms with Crippen molar-refractivity contribution in [3.63, 3.8) is 0 Å². The summed E-state index contributed by atoms with van der Waals surface area (Å²) in [7, 11) is 3.14. The molecule has 2 aromatic carbocycles. The van der Waals surface area contributed by atoms with E-state index in [4.69, 9.17) is 4.74 Å². The lowest BCUT2D eigenvalue weighted by Crippen LogP contribution is -2.35. The Morgan fingerprint density at radius 3 is 2.21 bits per heavy atom. The van der Waals surface area contributed by atoms with Gasteiger partial charge in [-0.05, 0) is 42.3 Å². The summed E-state index contributed by atoms with van der Waals surface area (Å²) in [5.74, 6) is -1.73. The van der Waals surface area contributed by atoms with Crippen LogP contribution in [0.3, 0.4) is 0 Å². The highest BCUT2D eigenvalue weighted by Gasteiger charge is 2.23. The molecule has 2 rings (SSSR count). The highest BCUT2D eigenvalue weighted by Crippen LogP contribution is 2.25. The quantitative estimate of drug-likeness (QED) is 0.783. The van der Waals surface area contributed by atoms with E-state index in [2.05, 4.69) is 5.32 Å². The van der Waals surface area contributed by atoms with Gasteiger partial charge in [0.1, 0.15) is 5.75 Å². The van der Waals surface area contributed by atoms with E-state index in [0.29, 0.717) is 11.3 Å². The van der Waals surface area contributed by atoms with Crippen LogP contribution in [-0.4, -0.2) is 30.9 Å². The highest BCUT2D eigenvalue weighted by atomic mass is 19.2. The van der Waals surface area contributed by atoms with Crippen LogP contribution in [0.1, 0.15) is 43.5 Å². The molecule has 0 aromatic heterocycles.